The summed E-state index contributed by atoms with van der Waals surface area (Å²) < 4.78 is 1.89. The van der Waals surface area contributed by atoms with E-state index in [-0.39, 0.29) is 11.4 Å². The molecule has 1 atom stereocenters. The number of nitrogens with zero attached hydrogens (tertiary/aromatic N) is 4. The third-order valence-electron chi connectivity index (χ3n) is 5.31. The van der Waals surface area contributed by atoms with Crippen LogP contribution in [0.25, 0.3) is 21.8 Å². The van der Waals surface area contributed by atoms with Crippen LogP contribution in [0, 0.1) is 20.2 Å². The van der Waals surface area contributed by atoms with Crippen LogP contribution < -0.4 is 0 Å². The number of likely N-dealkylation sites (tertiary alicyclic amines) is 1. The molecule has 2 heterocycles. The van der Waals surface area contributed by atoms with Crippen molar-refractivity contribution in [3.05, 3.63) is 56.6 Å². The van der Waals surface area contributed by atoms with Gasteiger partial charge in [0.1, 0.15) is 0 Å². The Labute approximate surface area is 160 Å². The maximum atomic E-state index is 11.2. The summed E-state index contributed by atoms with van der Waals surface area (Å²) in [5, 5.41) is 34.1. The van der Waals surface area contributed by atoms with E-state index in [1.165, 1.54) is 24.3 Å². The van der Waals surface area contributed by atoms with Gasteiger partial charge in [0, 0.05) is 52.6 Å². The highest BCUT2D eigenvalue weighted by Gasteiger charge is 2.21. The molecule has 1 unspecified atom stereocenters. The number of non-ortho nitro benzene ring substituents is 2. The van der Waals surface area contributed by atoms with Gasteiger partial charge in [0.05, 0.1) is 22.5 Å². The molecule has 28 heavy (non-hydrogen) atoms. The van der Waals surface area contributed by atoms with Gasteiger partial charge in [-0.2, -0.15) is 0 Å². The third kappa shape index (κ3) is 3.30. The van der Waals surface area contributed by atoms with Crippen LogP contribution in [0.15, 0.2) is 36.4 Å². The van der Waals surface area contributed by atoms with E-state index in [2.05, 4.69) is 4.90 Å². The van der Waals surface area contributed by atoms with Crippen LogP contribution in [0.1, 0.15) is 12.8 Å². The molecule has 146 valence electrons. The fourth-order valence-corrected chi connectivity index (χ4v) is 4.04. The maximum absolute atomic E-state index is 11.2. The molecule has 0 saturated carbocycles. The van der Waals surface area contributed by atoms with Crippen LogP contribution in [0.4, 0.5) is 11.4 Å². The number of nitro groups is 2. The van der Waals surface area contributed by atoms with E-state index < -0.39 is 16.0 Å². The molecule has 2 aromatic carbocycles. The van der Waals surface area contributed by atoms with Crippen molar-refractivity contribution < 1.29 is 15.0 Å². The van der Waals surface area contributed by atoms with Gasteiger partial charge in [-0.05, 0) is 38.1 Å². The Balaban J connectivity index is 1.81. The van der Waals surface area contributed by atoms with Crippen molar-refractivity contribution in [2.75, 3.05) is 19.6 Å². The first-order chi connectivity index (χ1) is 13.4. The van der Waals surface area contributed by atoms with Gasteiger partial charge in [0.25, 0.3) is 11.4 Å². The average Bonchev–Trinajstić information content (AvgIpc) is 3.27. The Hall–Kier alpha value is -3.04. The van der Waals surface area contributed by atoms with Crippen LogP contribution in [0.2, 0.25) is 0 Å². The van der Waals surface area contributed by atoms with E-state index in [0.29, 0.717) is 34.9 Å². The Kier molecular flexibility index (Phi) is 4.70. The number of aliphatic hydroxyl groups excluding tert-OH is 1. The molecule has 3 aromatic rings. The molecular weight excluding hydrogens is 364 g/mol. The number of aromatic nitrogens is 1. The minimum absolute atomic E-state index is 0.0735. The van der Waals surface area contributed by atoms with E-state index in [1.807, 2.05) is 4.57 Å². The zero-order valence-electron chi connectivity index (χ0n) is 15.2. The summed E-state index contributed by atoms with van der Waals surface area (Å²) in [4.78, 5) is 23.6. The van der Waals surface area contributed by atoms with Gasteiger partial charge in [-0.25, -0.2) is 0 Å². The highest BCUT2D eigenvalue weighted by atomic mass is 16.6. The summed E-state index contributed by atoms with van der Waals surface area (Å²) in [6.45, 7) is 2.82. The second-order valence-electron chi connectivity index (χ2n) is 7.19. The number of β-amino-alcohol motifs (C(OH)–C–C–N with tert-alkyl or cyclic N) is 1. The summed E-state index contributed by atoms with van der Waals surface area (Å²) in [7, 11) is 0. The highest BCUT2D eigenvalue weighted by Crippen LogP contribution is 2.34. The number of hydrogen-bond acceptors (Lipinski definition) is 6. The molecule has 1 aliphatic rings. The van der Waals surface area contributed by atoms with E-state index in [4.69, 9.17) is 0 Å². The van der Waals surface area contributed by atoms with Gasteiger partial charge >= 0.3 is 0 Å². The maximum Gasteiger partial charge on any atom is 0.270 e. The van der Waals surface area contributed by atoms with Crippen LogP contribution in [-0.4, -0.2) is 50.2 Å². The molecule has 9 heteroatoms. The van der Waals surface area contributed by atoms with E-state index in [9.17, 15) is 25.3 Å². The van der Waals surface area contributed by atoms with Gasteiger partial charge in [0.15, 0.2) is 0 Å². The Bertz CT molecular complexity index is 1000. The summed E-state index contributed by atoms with van der Waals surface area (Å²) in [5.74, 6) is 0. The molecule has 0 aliphatic carbocycles. The molecule has 4 rings (SSSR count). The largest absolute Gasteiger partial charge is 0.390 e. The molecular formula is C19H20N4O5. The van der Waals surface area contributed by atoms with Gasteiger partial charge in [0.2, 0.25) is 0 Å². The fourth-order valence-electron chi connectivity index (χ4n) is 4.04. The van der Waals surface area contributed by atoms with E-state index >= 15 is 0 Å². The topological polar surface area (TPSA) is 115 Å². The first kappa shape index (κ1) is 18.3. The molecule has 0 radical (unpaired) electrons. The second-order valence-corrected chi connectivity index (χ2v) is 7.19. The van der Waals surface area contributed by atoms with Crippen molar-refractivity contribution in [2.45, 2.75) is 25.5 Å². The monoisotopic (exact) mass is 384 g/mol. The van der Waals surface area contributed by atoms with Crippen molar-refractivity contribution >= 4 is 33.2 Å². The minimum atomic E-state index is -0.609. The van der Waals surface area contributed by atoms with Gasteiger partial charge in [-0.1, -0.05) is 0 Å². The Morgan fingerprint density at radius 3 is 1.86 bits per heavy atom. The lowest BCUT2D eigenvalue weighted by atomic mass is 10.1. The summed E-state index contributed by atoms with van der Waals surface area (Å²) in [6.07, 6.45) is 1.66. The molecule has 1 aliphatic heterocycles. The van der Waals surface area contributed by atoms with E-state index in [1.54, 1.807) is 12.1 Å². The number of benzene rings is 2. The molecule has 0 bridgehead atoms. The molecule has 1 N–H and O–H groups in total. The van der Waals surface area contributed by atoms with Crippen LogP contribution in [0.5, 0.6) is 0 Å². The first-order valence-electron chi connectivity index (χ1n) is 9.19. The summed E-state index contributed by atoms with van der Waals surface area (Å²) in [5.41, 5.74) is 1.27. The normalized spacial score (nSPS) is 16.0. The lowest BCUT2D eigenvalue weighted by molar-refractivity contribution is -0.385. The number of hydrogen-bond donors (Lipinski definition) is 1. The number of fused-ring (bicyclic) bond motifs is 3. The molecule has 0 spiro atoms. The SMILES string of the molecule is O=[N+]([O-])c1ccc2c(c1)c1cc([N+](=O)[O-])ccc1n2CC(O)CN1CCCC1. The van der Waals surface area contributed by atoms with Crippen LogP contribution >= 0.6 is 0 Å². The number of nitro benzene ring substituents is 2. The minimum Gasteiger partial charge on any atom is -0.390 e. The lowest BCUT2D eigenvalue weighted by Crippen LogP contribution is -2.32. The Morgan fingerprint density at radius 2 is 1.39 bits per heavy atom. The molecule has 1 fully saturated rings. The predicted octanol–water partition coefficient (Wildman–Crippen LogP) is 3.07. The van der Waals surface area contributed by atoms with E-state index in [0.717, 1.165) is 25.9 Å². The zero-order valence-corrected chi connectivity index (χ0v) is 15.2. The molecule has 1 saturated heterocycles. The van der Waals surface area contributed by atoms with Crippen molar-refractivity contribution in [3.8, 4) is 0 Å². The van der Waals surface area contributed by atoms with Crippen molar-refractivity contribution in [3.63, 3.8) is 0 Å². The van der Waals surface area contributed by atoms with Crippen molar-refractivity contribution in [1.82, 2.24) is 9.47 Å². The predicted molar refractivity (Wildman–Crippen MR) is 104 cm³/mol. The Morgan fingerprint density at radius 1 is 0.893 bits per heavy atom. The summed E-state index contributed by atoms with van der Waals surface area (Å²) in [6, 6.07) is 8.98. The van der Waals surface area contributed by atoms with Crippen molar-refractivity contribution in [2.24, 2.45) is 0 Å². The van der Waals surface area contributed by atoms with Crippen LogP contribution in [0.3, 0.4) is 0 Å². The van der Waals surface area contributed by atoms with Crippen molar-refractivity contribution in [1.29, 1.82) is 0 Å². The first-order valence-corrected chi connectivity index (χ1v) is 9.19. The van der Waals surface area contributed by atoms with Crippen LogP contribution in [-0.2, 0) is 6.54 Å². The average molecular weight is 384 g/mol. The third-order valence-corrected chi connectivity index (χ3v) is 5.31. The molecule has 0 amide bonds. The molecule has 1 aromatic heterocycles. The summed E-state index contributed by atoms with van der Waals surface area (Å²) >= 11 is 0. The van der Waals surface area contributed by atoms with Gasteiger partial charge < -0.3 is 14.6 Å². The smallest absolute Gasteiger partial charge is 0.270 e. The second kappa shape index (κ2) is 7.17. The standard InChI is InChI=1S/C19H20N4O5/c24-15(11-20-7-1-2-8-20)12-21-18-5-3-13(22(25)26)9-16(18)17-10-14(23(27)28)4-6-19(17)21/h3-6,9-10,15,24H,1-2,7-8,11-12H2. The fraction of sp³-hybridized carbons (Fsp3) is 0.368. The quantitative estimate of drug-likeness (QED) is 0.516. The van der Waals surface area contributed by atoms with Gasteiger partial charge in [-0.3, -0.25) is 20.2 Å². The lowest BCUT2D eigenvalue weighted by Gasteiger charge is -2.20. The number of rotatable bonds is 6. The molecule has 9 nitrogen and oxygen atoms in total. The number of aliphatic hydroxyl groups is 1. The highest BCUT2D eigenvalue weighted by molar-refractivity contribution is 6.09. The zero-order chi connectivity index (χ0) is 19.8. The van der Waals surface area contributed by atoms with Gasteiger partial charge in [-0.15, -0.1) is 0 Å².